The number of thiophene rings is 1. The van der Waals surface area contributed by atoms with Crippen LogP contribution in [0.1, 0.15) is 22.8 Å². The maximum absolute atomic E-state index is 13.2. The number of amides is 1. The molecule has 0 bridgehead atoms. The number of benzene rings is 3. The molecule has 1 unspecified atom stereocenters. The van der Waals surface area contributed by atoms with Gasteiger partial charge in [0, 0.05) is 10.4 Å². The van der Waals surface area contributed by atoms with Crippen molar-refractivity contribution in [2.45, 2.75) is 13.5 Å². The minimum atomic E-state index is -3.44. The molecular formula is C26H25N2O4PS. The van der Waals surface area contributed by atoms with Crippen LogP contribution in [0.15, 0.2) is 90.3 Å². The first-order chi connectivity index (χ1) is 16.5. The van der Waals surface area contributed by atoms with Crippen molar-refractivity contribution in [1.29, 1.82) is 0 Å². The zero-order valence-electron chi connectivity index (χ0n) is 18.6. The molecule has 0 radical (unpaired) electrons. The van der Waals surface area contributed by atoms with Gasteiger partial charge in [-0.15, -0.1) is 11.3 Å². The maximum atomic E-state index is 13.2. The molecule has 4 rings (SSSR count). The molecule has 6 nitrogen and oxygen atoms in total. The summed E-state index contributed by atoms with van der Waals surface area (Å²) in [5, 5.41) is 5.40. The van der Waals surface area contributed by atoms with E-state index < -0.39 is 7.60 Å². The Morgan fingerprint density at radius 2 is 1.74 bits per heavy atom. The Kier molecular flexibility index (Phi) is 7.60. The predicted octanol–water partition coefficient (Wildman–Crippen LogP) is 6.32. The first kappa shape index (κ1) is 23.9. The molecule has 3 aromatic carbocycles. The van der Waals surface area contributed by atoms with Gasteiger partial charge in [-0.3, -0.25) is 9.36 Å². The lowest BCUT2D eigenvalue weighted by Gasteiger charge is -2.18. The summed E-state index contributed by atoms with van der Waals surface area (Å²) in [7, 11) is -3.44. The molecule has 174 valence electrons. The van der Waals surface area contributed by atoms with Gasteiger partial charge in [0.25, 0.3) is 5.91 Å². The van der Waals surface area contributed by atoms with Gasteiger partial charge in [0.2, 0.25) is 0 Å². The van der Waals surface area contributed by atoms with Crippen molar-refractivity contribution in [3.8, 4) is 10.4 Å². The van der Waals surface area contributed by atoms with Crippen LogP contribution in [-0.2, 0) is 20.2 Å². The first-order valence-electron chi connectivity index (χ1n) is 10.8. The predicted molar refractivity (Wildman–Crippen MR) is 139 cm³/mol. The van der Waals surface area contributed by atoms with Crippen molar-refractivity contribution in [2.75, 3.05) is 17.7 Å². The van der Waals surface area contributed by atoms with Gasteiger partial charge >= 0.3 is 7.60 Å². The van der Waals surface area contributed by atoms with Gasteiger partial charge in [-0.2, -0.15) is 0 Å². The van der Waals surface area contributed by atoms with Gasteiger partial charge in [0.15, 0.2) is 0 Å². The maximum Gasteiger partial charge on any atom is 0.361 e. The van der Waals surface area contributed by atoms with Crippen molar-refractivity contribution < 1.29 is 18.4 Å². The van der Waals surface area contributed by atoms with E-state index in [1.807, 2.05) is 35.7 Å². The van der Waals surface area contributed by atoms with Crippen molar-refractivity contribution in [1.82, 2.24) is 0 Å². The summed E-state index contributed by atoms with van der Waals surface area (Å²) in [5.41, 5.74) is 9.36. The normalized spacial score (nSPS) is 12.7. The Hall–Kier alpha value is -3.22. The van der Waals surface area contributed by atoms with Gasteiger partial charge in [0.05, 0.1) is 29.9 Å². The number of rotatable bonds is 9. The fourth-order valence-corrected chi connectivity index (χ4v) is 5.63. The number of anilines is 2. The van der Waals surface area contributed by atoms with Gasteiger partial charge in [-0.1, -0.05) is 42.5 Å². The van der Waals surface area contributed by atoms with Crippen molar-refractivity contribution in [3.05, 3.63) is 101 Å². The van der Waals surface area contributed by atoms with E-state index in [0.29, 0.717) is 22.2 Å². The quantitative estimate of drug-likeness (QED) is 0.211. The number of hydrogen-bond donors (Lipinski definition) is 2. The average Bonchev–Trinajstić information content (AvgIpc) is 3.40. The van der Waals surface area contributed by atoms with Gasteiger partial charge in [-0.05, 0) is 65.9 Å². The van der Waals surface area contributed by atoms with Crippen molar-refractivity contribution in [3.63, 3.8) is 0 Å². The summed E-state index contributed by atoms with van der Waals surface area (Å²) >= 11 is 1.62. The SMILES string of the molecule is CCOP(=O)(OCc1ccc(C(=O)Nc2cc(-c3cccs3)ccc2N)cc1)c1ccccc1. The molecule has 0 saturated heterocycles. The summed E-state index contributed by atoms with van der Waals surface area (Å²) in [6, 6.07) is 25.4. The van der Waals surface area contributed by atoms with E-state index >= 15 is 0 Å². The van der Waals surface area contributed by atoms with Gasteiger partial charge in [0.1, 0.15) is 0 Å². The molecule has 0 aliphatic heterocycles. The standard InChI is InChI=1S/C26H25N2O4PS/c1-2-31-33(30,22-7-4-3-5-8-22)32-18-19-10-12-20(13-11-19)26(29)28-24-17-21(14-15-23(24)27)25-9-6-16-34-25/h3-17H,2,18,27H2,1H3,(H,28,29). The van der Waals surface area contributed by atoms with Crippen LogP contribution in [-0.4, -0.2) is 12.5 Å². The minimum Gasteiger partial charge on any atom is -0.397 e. The smallest absolute Gasteiger partial charge is 0.361 e. The molecule has 0 saturated carbocycles. The summed E-state index contributed by atoms with van der Waals surface area (Å²) < 4.78 is 24.4. The number of nitrogen functional groups attached to an aromatic ring is 1. The second kappa shape index (κ2) is 10.8. The number of carbonyl (C=O) groups is 1. The summed E-state index contributed by atoms with van der Waals surface area (Å²) in [4.78, 5) is 13.9. The fourth-order valence-electron chi connectivity index (χ4n) is 3.33. The first-order valence-corrected chi connectivity index (χ1v) is 13.2. The molecule has 1 heterocycles. The molecule has 4 aromatic rings. The number of nitrogens with two attached hydrogens (primary N) is 1. The molecule has 0 aliphatic rings. The third-order valence-electron chi connectivity index (χ3n) is 5.10. The summed E-state index contributed by atoms with van der Waals surface area (Å²) in [6.07, 6.45) is 0. The van der Waals surface area contributed by atoms with E-state index in [1.54, 1.807) is 72.9 Å². The molecule has 0 aliphatic carbocycles. The minimum absolute atomic E-state index is 0.0872. The molecule has 3 N–H and O–H groups in total. The average molecular weight is 493 g/mol. The van der Waals surface area contributed by atoms with Crippen LogP contribution in [0.5, 0.6) is 0 Å². The molecular weight excluding hydrogens is 467 g/mol. The Labute approximate surface area is 202 Å². The zero-order chi connectivity index (χ0) is 24.0. The van der Waals surface area contributed by atoms with E-state index in [9.17, 15) is 9.36 Å². The Bertz CT molecular complexity index is 1290. The fraction of sp³-hybridized carbons (Fsp3) is 0.115. The van der Waals surface area contributed by atoms with Crippen LogP contribution in [0, 0.1) is 0 Å². The highest BCUT2D eigenvalue weighted by molar-refractivity contribution is 7.62. The van der Waals surface area contributed by atoms with E-state index in [1.165, 1.54) is 0 Å². The van der Waals surface area contributed by atoms with Crippen LogP contribution in [0.4, 0.5) is 11.4 Å². The molecule has 1 aromatic heterocycles. The number of hydrogen-bond acceptors (Lipinski definition) is 6. The third-order valence-corrected chi connectivity index (χ3v) is 8.01. The monoisotopic (exact) mass is 492 g/mol. The Balaban J connectivity index is 1.43. The van der Waals surface area contributed by atoms with Crippen LogP contribution in [0.2, 0.25) is 0 Å². The Morgan fingerprint density at radius 1 is 0.971 bits per heavy atom. The highest BCUT2D eigenvalue weighted by Crippen LogP contribution is 2.47. The number of carbonyl (C=O) groups excluding carboxylic acids is 1. The van der Waals surface area contributed by atoms with E-state index in [-0.39, 0.29) is 19.1 Å². The topological polar surface area (TPSA) is 90.6 Å². The van der Waals surface area contributed by atoms with E-state index in [0.717, 1.165) is 16.0 Å². The lowest BCUT2D eigenvalue weighted by Crippen LogP contribution is -2.13. The van der Waals surface area contributed by atoms with Crippen LogP contribution < -0.4 is 16.4 Å². The van der Waals surface area contributed by atoms with Crippen LogP contribution in [0.25, 0.3) is 10.4 Å². The molecule has 0 spiro atoms. The van der Waals surface area contributed by atoms with Gasteiger partial charge in [-0.25, -0.2) is 0 Å². The lowest BCUT2D eigenvalue weighted by atomic mass is 10.1. The second-order valence-electron chi connectivity index (χ2n) is 7.45. The Morgan fingerprint density at radius 3 is 2.41 bits per heavy atom. The zero-order valence-corrected chi connectivity index (χ0v) is 20.4. The van der Waals surface area contributed by atoms with Crippen molar-refractivity contribution >= 4 is 41.5 Å². The molecule has 1 atom stereocenters. The van der Waals surface area contributed by atoms with E-state index in [4.69, 9.17) is 14.8 Å². The third kappa shape index (κ3) is 5.64. The summed E-state index contributed by atoms with van der Waals surface area (Å²) in [5.74, 6) is -0.272. The summed E-state index contributed by atoms with van der Waals surface area (Å²) in [6.45, 7) is 2.13. The highest BCUT2D eigenvalue weighted by Gasteiger charge is 2.26. The molecule has 1 amide bonds. The molecule has 8 heteroatoms. The largest absolute Gasteiger partial charge is 0.397 e. The van der Waals surface area contributed by atoms with Crippen LogP contribution in [0.3, 0.4) is 0 Å². The lowest BCUT2D eigenvalue weighted by molar-refractivity contribution is 0.102. The molecule has 0 fully saturated rings. The van der Waals surface area contributed by atoms with Gasteiger partial charge < -0.3 is 20.1 Å². The molecule has 34 heavy (non-hydrogen) atoms. The van der Waals surface area contributed by atoms with Crippen LogP contribution >= 0.6 is 18.9 Å². The highest BCUT2D eigenvalue weighted by atomic mass is 32.1. The number of nitrogens with one attached hydrogen (secondary N) is 1. The van der Waals surface area contributed by atoms with Crippen molar-refractivity contribution in [2.24, 2.45) is 0 Å². The van der Waals surface area contributed by atoms with E-state index in [2.05, 4.69) is 5.32 Å². The second-order valence-corrected chi connectivity index (χ2v) is 10.4.